The van der Waals surface area contributed by atoms with Crippen LogP contribution in [0.3, 0.4) is 0 Å². The summed E-state index contributed by atoms with van der Waals surface area (Å²) in [5.41, 5.74) is 2.59. The molecule has 1 heterocycles. The number of carbonyl (C=O) groups is 1. The van der Waals surface area contributed by atoms with Crippen molar-refractivity contribution in [3.63, 3.8) is 0 Å². The van der Waals surface area contributed by atoms with Crippen molar-refractivity contribution in [2.75, 3.05) is 13.7 Å². The normalized spacial score (nSPS) is 28.2. The molecular weight excluding hydrogens is 404 g/mol. The lowest BCUT2D eigenvalue weighted by Gasteiger charge is -2.57. The molecule has 6 heteroatoms. The van der Waals surface area contributed by atoms with E-state index in [2.05, 4.69) is 16.0 Å². The fourth-order valence-electron chi connectivity index (χ4n) is 6.67. The number of phenolic OH excluding ortho intramolecular Hbond substituents is 1. The predicted molar refractivity (Wildman–Crippen MR) is 121 cm³/mol. The Morgan fingerprint density at radius 1 is 1.12 bits per heavy atom. The first kappa shape index (κ1) is 21.0. The molecule has 0 radical (unpaired) electrons. The van der Waals surface area contributed by atoms with Crippen LogP contribution in [0.15, 0.2) is 30.6 Å². The topological polar surface area (TPSA) is 81.5 Å². The van der Waals surface area contributed by atoms with Crippen molar-refractivity contribution in [2.45, 2.75) is 50.9 Å². The number of hydrogen-bond donors (Lipinski definition) is 1. The summed E-state index contributed by atoms with van der Waals surface area (Å²) < 4.78 is 10.5. The lowest BCUT2D eigenvalue weighted by atomic mass is 9.48. The van der Waals surface area contributed by atoms with Gasteiger partial charge in [0.15, 0.2) is 17.3 Å². The van der Waals surface area contributed by atoms with Gasteiger partial charge in [-0.25, -0.2) is 14.8 Å². The number of ether oxygens (including phenoxy) is 2. The van der Waals surface area contributed by atoms with Crippen LogP contribution in [-0.4, -0.2) is 34.8 Å². The van der Waals surface area contributed by atoms with Crippen molar-refractivity contribution in [3.05, 3.63) is 41.7 Å². The van der Waals surface area contributed by atoms with Crippen LogP contribution in [0, 0.1) is 17.8 Å². The molecule has 4 fully saturated rings. The molecule has 1 aromatic heterocycles. The number of rotatable bonds is 6. The maximum atomic E-state index is 11.5. The van der Waals surface area contributed by atoms with Gasteiger partial charge in [0.25, 0.3) is 0 Å². The molecule has 4 aliphatic carbocycles. The fourth-order valence-corrected chi connectivity index (χ4v) is 6.67. The third-order valence-corrected chi connectivity index (χ3v) is 7.53. The zero-order valence-corrected chi connectivity index (χ0v) is 18.7. The van der Waals surface area contributed by atoms with E-state index in [0.29, 0.717) is 23.7 Å². The van der Waals surface area contributed by atoms with Gasteiger partial charge >= 0.3 is 5.97 Å². The second kappa shape index (κ2) is 8.23. The molecule has 2 aromatic rings. The Hall–Kier alpha value is -2.89. The van der Waals surface area contributed by atoms with Gasteiger partial charge in [0.1, 0.15) is 0 Å². The van der Waals surface area contributed by atoms with Crippen LogP contribution in [0.5, 0.6) is 11.5 Å². The Morgan fingerprint density at radius 2 is 1.75 bits per heavy atom. The van der Waals surface area contributed by atoms with E-state index in [0.717, 1.165) is 48.1 Å². The average Bonchev–Trinajstić information content (AvgIpc) is 2.77. The van der Waals surface area contributed by atoms with E-state index < -0.39 is 0 Å². The molecule has 4 aliphatic rings. The highest BCUT2D eigenvalue weighted by Gasteiger charge is 2.52. The van der Waals surface area contributed by atoms with Crippen LogP contribution >= 0.6 is 0 Å². The van der Waals surface area contributed by atoms with Crippen molar-refractivity contribution < 1.29 is 19.4 Å². The lowest BCUT2D eigenvalue weighted by molar-refractivity contribution is -0.137. The van der Waals surface area contributed by atoms with Gasteiger partial charge in [0.05, 0.1) is 13.7 Å². The number of esters is 1. The van der Waals surface area contributed by atoms with Crippen molar-refractivity contribution in [2.24, 2.45) is 17.8 Å². The number of aromatic hydroxyl groups is 1. The molecule has 0 amide bonds. The summed E-state index contributed by atoms with van der Waals surface area (Å²) in [6.45, 7) is 2.11. The molecule has 4 bridgehead atoms. The Balaban J connectivity index is 1.48. The second-order valence-corrected chi connectivity index (χ2v) is 9.70. The first-order valence-electron chi connectivity index (χ1n) is 11.6. The van der Waals surface area contributed by atoms with E-state index in [1.165, 1.54) is 25.3 Å². The van der Waals surface area contributed by atoms with Gasteiger partial charge in [-0.2, -0.15) is 0 Å². The maximum Gasteiger partial charge on any atom is 0.330 e. The number of hydrogen-bond acceptors (Lipinski definition) is 6. The van der Waals surface area contributed by atoms with E-state index in [-0.39, 0.29) is 17.1 Å². The van der Waals surface area contributed by atoms with E-state index in [1.807, 2.05) is 6.07 Å². The van der Waals surface area contributed by atoms with Gasteiger partial charge in [-0.05, 0) is 86.8 Å². The van der Waals surface area contributed by atoms with Gasteiger partial charge in [-0.3, -0.25) is 0 Å². The van der Waals surface area contributed by atoms with Crippen LogP contribution in [0.2, 0.25) is 0 Å². The zero-order chi connectivity index (χ0) is 22.3. The Labute approximate surface area is 188 Å². The van der Waals surface area contributed by atoms with Gasteiger partial charge < -0.3 is 14.6 Å². The van der Waals surface area contributed by atoms with Crippen LogP contribution in [-0.2, 0) is 14.9 Å². The highest BCUT2D eigenvalue weighted by Crippen LogP contribution is 2.62. The summed E-state index contributed by atoms with van der Waals surface area (Å²) in [5, 5.41) is 11.1. The number of methoxy groups -OCH3 is 1. The number of benzene rings is 1. The molecule has 6 rings (SSSR count). The minimum Gasteiger partial charge on any atom is -0.504 e. The third-order valence-electron chi connectivity index (χ3n) is 7.53. The Bertz CT molecular complexity index is 1010. The molecular formula is C26H30N2O4. The standard InChI is InChI=1S/C26H30N2O4/c1-3-32-23(29)5-4-16-14-27-25(28-15-16)20-9-21(24(30)22(10-20)31-2)26-11-17-6-18(12-26)8-19(7-17)13-26/h4-5,9-10,14-15,17-19,30H,3,6-8,11-13H2,1-2H3/b5-4+. The predicted octanol–water partition coefficient (Wildman–Crippen LogP) is 4.90. The summed E-state index contributed by atoms with van der Waals surface area (Å²) >= 11 is 0. The SMILES string of the molecule is CCOC(=O)/C=C/c1cnc(-c2cc(OC)c(O)c(C34CC5CC(CC(C5)C3)C4)c2)nc1. The molecule has 4 saturated carbocycles. The van der Waals surface area contributed by atoms with Gasteiger partial charge in [-0.1, -0.05) is 0 Å². The molecule has 6 nitrogen and oxygen atoms in total. The molecule has 1 aromatic carbocycles. The molecule has 0 aliphatic heterocycles. The average molecular weight is 435 g/mol. The van der Waals surface area contributed by atoms with Crippen molar-refractivity contribution >= 4 is 12.0 Å². The quantitative estimate of drug-likeness (QED) is 0.514. The van der Waals surface area contributed by atoms with Crippen LogP contribution < -0.4 is 4.74 Å². The van der Waals surface area contributed by atoms with E-state index in [9.17, 15) is 9.90 Å². The molecule has 32 heavy (non-hydrogen) atoms. The Kier molecular flexibility index (Phi) is 5.39. The van der Waals surface area contributed by atoms with E-state index in [4.69, 9.17) is 9.47 Å². The van der Waals surface area contributed by atoms with Crippen molar-refractivity contribution in [1.29, 1.82) is 0 Å². The monoisotopic (exact) mass is 434 g/mol. The number of phenols is 1. The maximum absolute atomic E-state index is 11.5. The largest absolute Gasteiger partial charge is 0.504 e. The molecule has 0 unspecified atom stereocenters. The first-order chi connectivity index (χ1) is 15.5. The van der Waals surface area contributed by atoms with E-state index >= 15 is 0 Å². The highest BCUT2D eigenvalue weighted by molar-refractivity contribution is 5.86. The van der Waals surface area contributed by atoms with Crippen LogP contribution in [0.4, 0.5) is 0 Å². The third kappa shape index (κ3) is 3.76. The number of nitrogens with zero attached hydrogens (tertiary/aromatic N) is 2. The molecule has 0 saturated heterocycles. The first-order valence-corrected chi connectivity index (χ1v) is 11.6. The van der Waals surface area contributed by atoms with Gasteiger partial charge in [0, 0.05) is 35.2 Å². The minimum atomic E-state index is -0.389. The molecule has 0 atom stereocenters. The summed E-state index contributed by atoms with van der Waals surface area (Å²) in [6, 6.07) is 3.89. The van der Waals surface area contributed by atoms with Crippen molar-refractivity contribution in [1.82, 2.24) is 9.97 Å². The summed E-state index contributed by atoms with van der Waals surface area (Å²) in [6.07, 6.45) is 13.9. The van der Waals surface area contributed by atoms with E-state index in [1.54, 1.807) is 32.5 Å². The number of aromatic nitrogens is 2. The van der Waals surface area contributed by atoms with Crippen molar-refractivity contribution in [3.8, 4) is 22.9 Å². The highest BCUT2D eigenvalue weighted by atomic mass is 16.5. The van der Waals surface area contributed by atoms with Gasteiger partial charge in [-0.15, -0.1) is 0 Å². The summed E-state index contributed by atoms with van der Waals surface area (Å²) in [4.78, 5) is 20.5. The summed E-state index contributed by atoms with van der Waals surface area (Å²) in [7, 11) is 1.59. The Morgan fingerprint density at radius 3 is 2.31 bits per heavy atom. The number of carbonyl (C=O) groups excluding carboxylic acids is 1. The molecule has 0 spiro atoms. The lowest BCUT2D eigenvalue weighted by Crippen LogP contribution is -2.48. The van der Waals surface area contributed by atoms with Crippen LogP contribution in [0.1, 0.15) is 56.6 Å². The zero-order valence-electron chi connectivity index (χ0n) is 18.7. The smallest absolute Gasteiger partial charge is 0.330 e. The second-order valence-electron chi connectivity index (χ2n) is 9.70. The minimum absolute atomic E-state index is 0.0322. The summed E-state index contributed by atoms with van der Waals surface area (Å²) in [5.74, 6) is 3.25. The van der Waals surface area contributed by atoms with Crippen LogP contribution in [0.25, 0.3) is 17.5 Å². The molecule has 1 N–H and O–H groups in total. The molecule has 168 valence electrons. The fraction of sp³-hybridized carbons (Fsp3) is 0.500. The van der Waals surface area contributed by atoms with Gasteiger partial charge in [0.2, 0.25) is 0 Å².